The molecule has 0 spiro atoms. The zero-order chi connectivity index (χ0) is 23.7. The SMILES string of the molecule is Cc1cc(C(=O)c2ccc(-c3ccccc3)s2)c(O)c(C(=O)c2ccc(-c3ccccc3)s2)c1. The summed E-state index contributed by atoms with van der Waals surface area (Å²) in [6, 6.07) is 30.3. The Balaban J connectivity index is 1.48. The molecule has 0 unspecified atom stereocenters. The Bertz CT molecular complexity index is 1380. The lowest BCUT2D eigenvalue weighted by Gasteiger charge is -2.09. The van der Waals surface area contributed by atoms with Gasteiger partial charge in [0.2, 0.25) is 11.6 Å². The molecule has 1 N–H and O–H groups in total. The summed E-state index contributed by atoms with van der Waals surface area (Å²) in [4.78, 5) is 29.6. The highest BCUT2D eigenvalue weighted by Crippen LogP contribution is 2.35. The van der Waals surface area contributed by atoms with Crippen LogP contribution in [0.25, 0.3) is 20.9 Å². The first-order valence-electron chi connectivity index (χ1n) is 10.7. The van der Waals surface area contributed by atoms with E-state index in [0.29, 0.717) is 9.75 Å². The minimum absolute atomic E-state index is 0.143. The summed E-state index contributed by atoms with van der Waals surface area (Å²) in [6.07, 6.45) is 0. The molecule has 5 aromatic rings. The summed E-state index contributed by atoms with van der Waals surface area (Å²) >= 11 is 2.74. The van der Waals surface area contributed by atoms with E-state index in [0.717, 1.165) is 26.4 Å². The third-order valence-corrected chi connectivity index (χ3v) is 7.79. The number of phenolic OH excluding ortho intramolecular Hbond substituents is 1. The Hall–Kier alpha value is -3.80. The van der Waals surface area contributed by atoms with E-state index in [4.69, 9.17) is 0 Å². The molecule has 2 heterocycles. The standard InChI is InChI=1S/C29H20O3S2/c1-18-16-21(28(31)25-14-12-23(33-25)19-8-4-2-5-9-19)27(30)22(17-18)29(32)26-15-13-24(34-26)20-10-6-3-7-11-20/h2-17,30H,1H3. The topological polar surface area (TPSA) is 54.4 Å². The molecule has 0 saturated carbocycles. The van der Waals surface area contributed by atoms with E-state index in [9.17, 15) is 14.7 Å². The van der Waals surface area contributed by atoms with Crippen molar-refractivity contribution in [2.45, 2.75) is 6.92 Å². The number of aryl methyl sites for hydroxylation is 1. The van der Waals surface area contributed by atoms with E-state index in [1.807, 2.05) is 79.7 Å². The molecular formula is C29H20O3S2. The zero-order valence-corrected chi connectivity index (χ0v) is 20.0. The fourth-order valence-corrected chi connectivity index (χ4v) is 5.76. The maximum Gasteiger partial charge on any atom is 0.206 e. The lowest BCUT2D eigenvalue weighted by molar-refractivity contribution is 0.103. The highest BCUT2D eigenvalue weighted by atomic mass is 32.1. The molecule has 0 saturated heterocycles. The lowest BCUT2D eigenvalue weighted by Crippen LogP contribution is -2.06. The van der Waals surface area contributed by atoms with Crippen molar-refractivity contribution < 1.29 is 14.7 Å². The predicted molar refractivity (Wildman–Crippen MR) is 139 cm³/mol. The second-order valence-electron chi connectivity index (χ2n) is 7.93. The Morgan fingerprint density at radius 3 is 1.44 bits per heavy atom. The van der Waals surface area contributed by atoms with E-state index < -0.39 is 0 Å². The molecule has 2 aromatic heterocycles. The van der Waals surface area contributed by atoms with Gasteiger partial charge in [-0.25, -0.2) is 0 Å². The lowest BCUT2D eigenvalue weighted by atomic mass is 9.98. The maximum absolute atomic E-state index is 13.3. The van der Waals surface area contributed by atoms with Crippen LogP contribution in [0.15, 0.2) is 97.1 Å². The van der Waals surface area contributed by atoms with Gasteiger partial charge in [0.15, 0.2) is 0 Å². The molecule has 3 aromatic carbocycles. The van der Waals surface area contributed by atoms with E-state index in [2.05, 4.69) is 0 Å². The van der Waals surface area contributed by atoms with Gasteiger partial charge in [-0.05, 0) is 60.0 Å². The summed E-state index contributed by atoms with van der Waals surface area (Å²) < 4.78 is 0. The number of hydrogen-bond acceptors (Lipinski definition) is 5. The van der Waals surface area contributed by atoms with Gasteiger partial charge in [0.25, 0.3) is 0 Å². The third-order valence-electron chi connectivity index (χ3n) is 5.52. The minimum atomic E-state index is -0.293. The van der Waals surface area contributed by atoms with Gasteiger partial charge in [-0.15, -0.1) is 22.7 Å². The summed E-state index contributed by atoms with van der Waals surface area (Å²) in [5, 5.41) is 11.0. The van der Waals surface area contributed by atoms with Crippen LogP contribution in [0.3, 0.4) is 0 Å². The van der Waals surface area contributed by atoms with Gasteiger partial charge in [0.1, 0.15) is 5.75 Å². The van der Waals surface area contributed by atoms with Crippen molar-refractivity contribution in [2.75, 3.05) is 0 Å². The Labute approximate surface area is 205 Å². The van der Waals surface area contributed by atoms with Crippen LogP contribution in [0.4, 0.5) is 0 Å². The second-order valence-corrected chi connectivity index (χ2v) is 10.1. The number of carbonyl (C=O) groups excluding carboxylic acids is 2. The van der Waals surface area contributed by atoms with Crippen LogP contribution < -0.4 is 0 Å². The molecule has 0 radical (unpaired) electrons. The highest BCUT2D eigenvalue weighted by molar-refractivity contribution is 7.18. The van der Waals surface area contributed by atoms with Crippen LogP contribution in [0.2, 0.25) is 0 Å². The first kappa shape index (κ1) is 22.0. The molecule has 0 aliphatic carbocycles. The summed E-state index contributed by atoms with van der Waals surface area (Å²) in [5.41, 5.74) is 3.09. The number of phenols is 1. The molecule has 0 fully saturated rings. The van der Waals surface area contributed by atoms with Crippen LogP contribution in [0, 0.1) is 6.92 Å². The van der Waals surface area contributed by atoms with Gasteiger partial charge in [-0.3, -0.25) is 9.59 Å². The molecular weight excluding hydrogens is 460 g/mol. The van der Waals surface area contributed by atoms with E-state index in [1.165, 1.54) is 22.7 Å². The Morgan fingerprint density at radius 1 is 0.618 bits per heavy atom. The smallest absolute Gasteiger partial charge is 0.206 e. The van der Waals surface area contributed by atoms with Gasteiger partial charge in [-0.1, -0.05) is 60.7 Å². The fraction of sp³-hybridized carbons (Fsp3) is 0.0345. The maximum atomic E-state index is 13.3. The van der Waals surface area contributed by atoms with Crippen molar-refractivity contribution in [1.29, 1.82) is 0 Å². The van der Waals surface area contributed by atoms with Gasteiger partial charge in [-0.2, -0.15) is 0 Å². The van der Waals surface area contributed by atoms with E-state index in [-0.39, 0.29) is 28.4 Å². The molecule has 0 amide bonds. The Morgan fingerprint density at radius 2 is 1.03 bits per heavy atom. The van der Waals surface area contributed by atoms with Crippen LogP contribution >= 0.6 is 22.7 Å². The summed E-state index contributed by atoms with van der Waals surface area (Å²) in [5.74, 6) is -0.859. The first-order chi connectivity index (χ1) is 16.5. The largest absolute Gasteiger partial charge is 0.506 e. The van der Waals surface area contributed by atoms with Crippen molar-refractivity contribution in [3.8, 4) is 26.6 Å². The van der Waals surface area contributed by atoms with Crippen molar-refractivity contribution >= 4 is 34.2 Å². The van der Waals surface area contributed by atoms with Crippen LogP contribution in [0.5, 0.6) is 5.75 Å². The van der Waals surface area contributed by atoms with Crippen molar-refractivity contribution in [3.05, 3.63) is 124 Å². The molecule has 5 rings (SSSR count). The quantitative estimate of drug-likeness (QED) is 0.254. The highest BCUT2D eigenvalue weighted by Gasteiger charge is 2.24. The molecule has 0 aliphatic rings. The van der Waals surface area contributed by atoms with Crippen LogP contribution in [-0.2, 0) is 0 Å². The number of benzene rings is 3. The number of aromatic hydroxyl groups is 1. The number of thiophene rings is 2. The second kappa shape index (κ2) is 9.21. The van der Waals surface area contributed by atoms with Crippen LogP contribution in [-0.4, -0.2) is 16.7 Å². The predicted octanol–water partition coefficient (Wildman–Crippen LogP) is 7.62. The Kier molecular flexibility index (Phi) is 5.97. The van der Waals surface area contributed by atoms with Crippen molar-refractivity contribution in [3.63, 3.8) is 0 Å². The van der Waals surface area contributed by atoms with Gasteiger partial charge in [0, 0.05) is 9.75 Å². The molecule has 0 aliphatic heterocycles. The van der Waals surface area contributed by atoms with Gasteiger partial charge >= 0.3 is 0 Å². The van der Waals surface area contributed by atoms with Gasteiger partial charge < -0.3 is 5.11 Å². The average molecular weight is 481 g/mol. The average Bonchev–Trinajstić information content (AvgIpc) is 3.56. The van der Waals surface area contributed by atoms with Gasteiger partial charge in [0.05, 0.1) is 20.9 Å². The minimum Gasteiger partial charge on any atom is -0.506 e. The number of carbonyl (C=O) groups is 2. The normalized spacial score (nSPS) is 10.9. The monoisotopic (exact) mass is 480 g/mol. The molecule has 0 bridgehead atoms. The third kappa shape index (κ3) is 4.23. The van der Waals surface area contributed by atoms with Crippen molar-refractivity contribution in [2.24, 2.45) is 0 Å². The molecule has 0 atom stereocenters. The molecule has 5 heteroatoms. The molecule has 34 heavy (non-hydrogen) atoms. The zero-order valence-electron chi connectivity index (χ0n) is 18.3. The molecule has 166 valence electrons. The van der Waals surface area contributed by atoms with Crippen molar-refractivity contribution in [1.82, 2.24) is 0 Å². The summed E-state index contributed by atoms with van der Waals surface area (Å²) in [6.45, 7) is 1.82. The van der Waals surface area contributed by atoms with Crippen LogP contribution in [0.1, 0.15) is 36.0 Å². The fourth-order valence-electron chi connectivity index (χ4n) is 3.83. The van der Waals surface area contributed by atoms with E-state index in [1.54, 1.807) is 24.3 Å². The summed E-state index contributed by atoms with van der Waals surface area (Å²) in [7, 11) is 0. The number of ketones is 2. The van der Waals surface area contributed by atoms with E-state index >= 15 is 0 Å². The number of hydrogen-bond donors (Lipinski definition) is 1. The number of rotatable bonds is 6. The molecule has 3 nitrogen and oxygen atoms in total. The first-order valence-corrected chi connectivity index (χ1v) is 12.4.